The summed E-state index contributed by atoms with van der Waals surface area (Å²) in [6.45, 7) is -0.204. The summed E-state index contributed by atoms with van der Waals surface area (Å²) >= 11 is 1.93. The fraction of sp³-hybridized carbons (Fsp3) is 0.357. The van der Waals surface area contributed by atoms with Crippen molar-refractivity contribution in [1.29, 1.82) is 0 Å². The number of alkyl halides is 3. The second-order valence-electron chi connectivity index (χ2n) is 9.67. The normalized spacial score (nSPS) is 17.3. The van der Waals surface area contributed by atoms with E-state index in [0.717, 1.165) is 31.2 Å². The maximum absolute atomic E-state index is 13.5. The Morgan fingerprint density at radius 1 is 1.02 bits per heavy atom. The Hall–Kier alpha value is -3.42. The number of nitrogens with zero attached hydrogens (tertiary/aromatic N) is 1. The molecule has 0 unspecified atom stereocenters. The highest BCUT2D eigenvalue weighted by molar-refractivity contribution is 14.1. The average Bonchev–Trinajstić information content (AvgIpc) is 3.36. The summed E-state index contributed by atoms with van der Waals surface area (Å²) in [5.41, 5.74) is 1.10. The van der Waals surface area contributed by atoms with E-state index in [2.05, 4.69) is 15.6 Å². The zero-order chi connectivity index (χ0) is 28.9. The molecule has 2 aromatic carbocycles. The van der Waals surface area contributed by atoms with Crippen LogP contribution in [0, 0.1) is 9.49 Å². The molecule has 3 N–H and O–H groups in total. The number of carboxylic acids is 1. The summed E-state index contributed by atoms with van der Waals surface area (Å²) in [7, 11) is 0. The number of hydrogen-bond donors (Lipinski definition) is 3. The number of anilines is 1. The molecule has 0 spiro atoms. The van der Waals surface area contributed by atoms with Gasteiger partial charge in [-0.2, -0.15) is 13.2 Å². The number of aliphatic carboxylic acids is 1. The largest absolute Gasteiger partial charge is 0.481 e. The van der Waals surface area contributed by atoms with E-state index in [4.69, 9.17) is 9.52 Å². The van der Waals surface area contributed by atoms with Crippen LogP contribution >= 0.6 is 22.6 Å². The molecule has 0 bridgehead atoms. The summed E-state index contributed by atoms with van der Waals surface area (Å²) in [5.74, 6) is -3.54. The molecule has 0 saturated heterocycles. The van der Waals surface area contributed by atoms with Gasteiger partial charge in [-0.15, -0.1) is 0 Å². The molecular weight excluding hydrogens is 642 g/mol. The Kier molecular flexibility index (Phi) is 9.48. The zero-order valence-corrected chi connectivity index (χ0v) is 23.4. The Balaban J connectivity index is 1.29. The quantitative estimate of drug-likeness (QED) is 0.225. The Morgan fingerprint density at radius 3 is 2.33 bits per heavy atom. The molecule has 1 saturated carbocycles. The van der Waals surface area contributed by atoms with E-state index in [9.17, 15) is 27.6 Å². The van der Waals surface area contributed by atoms with E-state index >= 15 is 0 Å². The third-order valence-electron chi connectivity index (χ3n) is 6.82. The van der Waals surface area contributed by atoms with Gasteiger partial charge in [0.1, 0.15) is 0 Å². The molecule has 12 heteroatoms. The first-order valence-corrected chi connectivity index (χ1v) is 13.8. The van der Waals surface area contributed by atoms with Crippen LogP contribution in [0.1, 0.15) is 66.3 Å². The van der Waals surface area contributed by atoms with Gasteiger partial charge in [-0.05, 0) is 89.9 Å². The summed E-state index contributed by atoms with van der Waals surface area (Å²) in [4.78, 5) is 39.6. The van der Waals surface area contributed by atoms with Crippen molar-refractivity contribution in [1.82, 2.24) is 10.3 Å². The van der Waals surface area contributed by atoms with Gasteiger partial charge in [-0.1, -0.05) is 24.3 Å². The first-order chi connectivity index (χ1) is 19.0. The molecule has 1 fully saturated rings. The first-order valence-electron chi connectivity index (χ1n) is 12.7. The highest BCUT2D eigenvalue weighted by Gasteiger charge is 2.42. The summed E-state index contributed by atoms with van der Waals surface area (Å²) in [5, 5.41) is 14.0. The number of benzene rings is 2. The van der Waals surface area contributed by atoms with Crippen LogP contribution in [0.25, 0.3) is 11.5 Å². The van der Waals surface area contributed by atoms with Crippen LogP contribution in [0.5, 0.6) is 0 Å². The van der Waals surface area contributed by atoms with Crippen molar-refractivity contribution in [3.63, 3.8) is 0 Å². The third-order valence-corrected chi connectivity index (χ3v) is 7.76. The molecule has 8 nitrogen and oxygen atoms in total. The maximum atomic E-state index is 13.5. The predicted octanol–water partition coefficient (Wildman–Crippen LogP) is 6.47. The van der Waals surface area contributed by atoms with Crippen molar-refractivity contribution < 1.29 is 37.1 Å². The van der Waals surface area contributed by atoms with Crippen molar-refractivity contribution in [3.8, 4) is 11.5 Å². The SMILES string of the molecule is O=C(O)C[C@H]1CC[C@H](c2ccc(NC(=O)CCNC(=O)c3nc(-c4ccccc4I)oc3C(F)(F)F)cc2)CC1. The number of halogens is 4. The van der Waals surface area contributed by atoms with Crippen LogP contribution in [-0.2, 0) is 15.8 Å². The Bertz CT molecular complexity index is 1370. The molecule has 4 rings (SSSR count). The number of nitrogens with one attached hydrogen (secondary N) is 2. The standard InChI is InChI=1S/C28H27F3IN3O5/c29-28(30,31)25-24(35-27(40-25)20-3-1-2-4-21(20)32)26(39)33-14-13-22(36)34-19-11-9-18(10-12-19)17-7-5-16(6-8-17)15-23(37)38/h1-4,9-12,16-17H,5-8,13-15H2,(H,33,39)(H,34,36)(H,37,38)/t16-,17-. The van der Waals surface area contributed by atoms with Crippen molar-refractivity contribution in [2.75, 3.05) is 11.9 Å². The fourth-order valence-electron chi connectivity index (χ4n) is 4.80. The van der Waals surface area contributed by atoms with Gasteiger partial charge in [-0.3, -0.25) is 14.4 Å². The van der Waals surface area contributed by atoms with Crippen LogP contribution in [-0.4, -0.2) is 34.4 Å². The Labute approximate surface area is 241 Å². The molecule has 1 heterocycles. The lowest BCUT2D eigenvalue weighted by atomic mass is 9.77. The van der Waals surface area contributed by atoms with Crippen LogP contribution in [0.15, 0.2) is 52.9 Å². The Morgan fingerprint density at radius 2 is 1.70 bits per heavy atom. The van der Waals surface area contributed by atoms with Crippen LogP contribution < -0.4 is 10.6 Å². The molecule has 2 amide bonds. The van der Waals surface area contributed by atoms with Gasteiger partial charge in [-0.25, -0.2) is 4.98 Å². The topological polar surface area (TPSA) is 122 Å². The van der Waals surface area contributed by atoms with Gasteiger partial charge in [0.25, 0.3) is 5.91 Å². The van der Waals surface area contributed by atoms with E-state index in [-0.39, 0.29) is 31.2 Å². The lowest BCUT2D eigenvalue weighted by Gasteiger charge is -2.28. The smallest absolute Gasteiger partial charge is 0.452 e. The number of carboxylic acid groups (broad SMARTS) is 1. The average molecular weight is 669 g/mol. The number of hydrogen-bond acceptors (Lipinski definition) is 5. The van der Waals surface area contributed by atoms with Crippen molar-refractivity contribution in [2.45, 2.75) is 50.6 Å². The lowest BCUT2D eigenvalue weighted by Crippen LogP contribution is -2.29. The second kappa shape index (κ2) is 12.8. The summed E-state index contributed by atoms with van der Waals surface area (Å²) in [6.07, 6.45) is -1.33. The van der Waals surface area contributed by atoms with Gasteiger partial charge in [0, 0.05) is 28.6 Å². The molecule has 0 radical (unpaired) electrons. The minimum atomic E-state index is -4.93. The first kappa shape index (κ1) is 29.6. The molecule has 40 heavy (non-hydrogen) atoms. The van der Waals surface area contributed by atoms with Crippen molar-refractivity contribution >= 4 is 46.1 Å². The third kappa shape index (κ3) is 7.61. The minimum absolute atomic E-state index is 0.163. The number of aromatic nitrogens is 1. The molecule has 1 aliphatic rings. The lowest BCUT2D eigenvalue weighted by molar-refractivity contribution is -0.153. The monoisotopic (exact) mass is 669 g/mol. The number of oxazole rings is 1. The fourth-order valence-corrected chi connectivity index (χ4v) is 5.42. The van der Waals surface area contributed by atoms with E-state index in [1.807, 2.05) is 34.7 Å². The van der Waals surface area contributed by atoms with Gasteiger partial charge >= 0.3 is 12.1 Å². The molecule has 3 aromatic rings. The highest BCUT2D eigenvalue weighted by Crippen LogP contribution is 2.38. The zero-order valence-electron chi connectivity index (χ0n) is 21.3. The van der Waals surface area contributed by atoms with Crippen molar-refractivity contribution in [2.24, 2.45) is 5.92 Å². The molecule has 1 aliphatic carbocycles. The van der Waals surface area contributed by atoms with Gasteiger partial charge < -0.3 is 20.2 Å². The predicted molar refractivity (Wildman–Crippen MR) is 149 cm³/mol. The van der Waals surface area contributed by atoms with Gasteiger partial charge in [0.15, 0.2) is 5.69 Å². The molecule has 1 aromatic heterocycles. The van der Waals surface area contributed by atoms with Crippen molar-refractivity contribution in [3.05, 3.63) is 69.1 Å². The molecule has 0 aliphatic heterocycles. The molecule has 212 valence electrons. The van der Waals surface area contributed by atoms with E-state index in [1.165, 1.54) is 0 Å². The molecule has 0 atom stereocenters. The van der Waals surface area contributed by atoms with Crippen LogP contribution in [0.2, 0.25) is 0 Å². The summed E-state index contributed by atoms with van der Waals surface area (Å²) in [6, 6.07) is 13.9. The van der Waals surface area contributed by atoms with Gasteiger partial charge in [0.05, 0.1) is 5.56 Å². The second-order valence-corrected chi connectivity index (χ2v) is 10.8. The number of amides is 2. The minimum Gasteiger partial charge on any atom is -0.481 e. The number of rotatable bonds is 9. The van der Waals surface area contributed by atoms with E-state index in [0.29, 0.717) is 20.7 Å². The maximum Gasteiger partial charge on any atom is 0.452 e. The van der Waals surface area contributed by atoms with Crippen LogP contribution in [0.3, 0.4) is 0 Å². The number of carbonyl (C=O) groups excluding carboxylic acids is 2. The molecular formula is C28H27F3IN3O5. The summed E-state index contributed by atoms with van der Waals surface area (Å²) < 4.78 is 46.2. The van der Waals surface area contributed by atoms with E-state index < -0.39 is 35.4 Å². The number of carbonyl (C=O) groups is 3. The highest BCUT2D eigenvalue weighted by atomic mass is 127. The van der Waals surface area contributed by atoms with Gasteiger partial charge in [0.2, 0.25) is 17.6 Å². The van der Waals surface area contributed by atoms with Crippen LogP contribution in [0.4, 0.5) is 18.9 Å². The van der Waals surface area contributed by atoms with E-state index in [1.54, 1.807) is 36.4 Å².